The molecule has 4 heterocycles. The van der Waals surface area contributed by atoms with E-state index in [2.05, 4.69) is 64.1 Å². The number of aromatic nitrogens is 5. The predicted octanol–water partition coefficient (Wildman–Crippen LogP) is 3.74. The molecule has 154 valence electrons. The summed E-state index contributed by atoms with van der Waals surface area (Å²) in [6.07, 6.45) is 0. The van der Waals surface area contributed by atoms with E-state index in [1.807, 2.05) is 24.4 Å². The molecule has 0 N–H and O–H groups in total. The Morgan fingerprint density at radius 3 is 2.33 bits per heavy atom. The number of hydrogen-bond donors (Lipinski definition) is 0. The number of hydrogen-bond acceptors (Lipinski definition) is 6. The summed E-state index contributed by atoms with van der Waals surface area (Å²) in [5.41, 5.74) is 4.01. The van der Waals surface area contributed by atoms with Crippen molar-refractivity contribution in [2.45, 2.75) is 33.6 Å². The van der Waals surface area contributed by atoms with Crippen molar-refractivity contribution in [2.24, 2.45) is 0 Å². The fourth-order valence-electron chi connectivity index (χ4n) is 4.14. The SMILES string of the molecule is Cc1cc(N2CCN(c3nc4cc(C)nn4c4ccccc34)CC2)nc(C(C)C)n1. The van der Waals surface area contributed by atoms with E-state index < -0.39 is 0 Å². The van der Waals surface area contributed by atoms with E-state index in [1.165, 1.54) is 0 Å². The summed E-state index contributed by atoms with van der Waals surface area (Å²) < 4.78 is 1.95. The highest BCUT2D eigenvalue weighted by Crippen LogP contribution is 2.28. The van der Waals surface area contributed by atoms with Crippen molar-refractivity contribution in [3.8, 4) is 0 Å². The summed E-state index contributed by atoms with van der Waals surface area (Å²) in [6.45, 7) is 12.0. The zero-order valence-electron chi connectivity index (χ0n) is 18.0. The van der Waals surface area contributed by atoms with Crippen molar-refractivity contribution in [3.05, 3.63) is 53.6 Å². The van der Waals surface area contributed by atoms with Crippen LogP contribution in [0.2, 0.25) is 0 Å². The summed E-state index contributed by atoms with van der Waals surface area (Å²) in [6, 6.07) is 12.5. The van der Waals surface area contributed by atoms with Gasteiger partial charge in [0.15, 0.2) is 5.65 Å². The molecule has 3 aromatic heterocycles. The molecule has 5 rings (SSSR count). The number of benzene rings is 1. The molecular formula is C23H27N7. The van der Waals surface area contributed by atoms with Gasteiger partial charge in [0.2, 0.25) is 0 Å². The highest BCUT2D eigenvalue weighted by Gasteiger charge is 2.23. The summed E-state index contributed by atoms with van der Waals surface area (Å²) in [7, 11) is 0. The summed E-state index contributed by atoms with van der Waals surface area (Å²) in [4.78, 5) is 19.1. The minimum absolute atomic E-state index is 0.325. The molecule has 0 spiro atoms. The normalized spacial score (nSPS) is 15.0. The Kier molecular flexibility index (Phi) is 4.53. The predicted molar refractivity (Wildman–Crippen MR) is 121 cm³/mol. The van der Waals surface area contributed by atoms with Gasteiger partial charge in [0, 0.05) is 55.3 Å². The van der Waals surface area contributed by atoms with Gasteiger partial charge in [0.1, 0.15) is 17.5 Å². The molecule has 1 aromatic carbocycles. The minimum atomic E-state index is 0.325. The number of piperazine rings is 1. The summed E-state index contributed by atoms with van der Waals surface area (Å²) >= 11 is 0. The van der Waals surface area contributed by atoms with Crippen LogP contribution in [0.4, 0.5) is 11.6 Å². The Morgan fingerprint density at radius 2 is 1.57 bits per heavy atom. The van der Waals surface area contributed by atoms with E-state index in [-0.39, 0.29) is 0 Å². The van der Waals surface area contributed by atoms with E-state index >= 15 is 0 Å². The molecule has 0 aliphatic carbocycles. The lowest BCUT2D eigenvalue weighted by Gasteiger charge is -2.36. The molecule has 1 aliphatic rings. The second kappa shape index (κ2) is 7.23. The van der Waals surface area contributed by atoms with E-state index in [9.17, 15) is 0 Å². The lowest BCUT2D eigenvalue weighted by molar-refractivity contribution is 0.637. The second-order valence-corrected chi connectivity index (χ2v) is 8.36. The summed E-state index contributed by atoms with van der Waals surface area (Å²) in [5.74, 6) is 3.32. The number of rotatable bonds is 3. The van der Waals surface area contributed by atoms with E-state index in [0.717, 1.165) is 71.6 Å². The van der Waals surface area contributed by atoms with E-state index in [4.69, 9.17) is 9.97 Å². The Labute approximate surface area is 176 Å². The van der Waals surface area contributed by atoms with Crippen LogP contribution in [-0.2, 0) is 0 Å². The van der Waals surface area contributed by atoms with Crippen LogP contribution < -0.4 is 9.80 Å². The molecule has 30 heavy (non-hydrogen) atoms. The van der Waals surface area contributed by atoms with Crippen LogP contribution in [0, 0.1) is 13.8 Å². The lowest BCUT2D eigenvalue weighted by Crippen LogP contribution is -2.47. The number of nitrogens with zero attached hydrogens (tertiary/aromatic N) is 7. The fraction of sp³-hybridized carbons (Fsp3) is 0.391. The first-order chi connectivity index (χ1) is 14.5. The molecule has 0 bridgehead atoms. The molecule has 7 nitrogen and oxygen atoms in total. The van der Waals surface area contributed by atoms with Gasteiger partial charge in [0.25, 0.3) is 0 Å². The van der Waals surface area contributed by atoms with Crippen molar-refractivity contribution in [2.75, 3.05) is 36.0 Å². The van der Waals surface area contributed by atoms with Gasteiger partial charge in [-0.3, -0.25) is 0 Å². The standard InChI is InChI=1S/C23H27N7/c1-15(2)22-24-16(3)13-20(25-22)28-9-11-29(12-10-28)23-18-7-5-6-8-19(18)30-21(26-23)14-17(4)27-30/h5-8,13-15H,9-12H2,1-4H3. The highest BCUT2D eigenvalue weighted by molar-refractivity contribution is 5.91. The monoisotopic (exact) mass is 401 g/mol. The topological polar surface area (TPSA) is 62.5 Å². The van der Waals surface area contributed by atoms with Crippen LogP contribution in [0.1, 0.15) is 37.0 Å². The quantitative estimate of drug-likeness (QED) is 0.521. The van der Waals surface area contributed by atoms with Crippen molar-refractivity contribution in [3.63, 3.8) is 0 Å². The molecule has 0 amide bonds. The number of para-hydroxylation sites is 1. The Morgan fingerprint density at radius 1 is 0.833 bits per heavy atom. The van der Waals surface area contributed by atoms with Gasteiger partial charge in [-0.25, -0.2) is 19.5 Å². The Bertz CT molecular complexity index is 1220. The minimum Gasteiger partial charge on any atom is -0.353 e. The van der Waals surface area contributed by atoms with Gasteiger partial charge in [-0.1, -0.05) is 26.0 Å². The molecule has 1 aliphatic heterocycles. The van der Waals surface area contributed by atoms with Crippen molar-refractivity contribution in [1.29, 1.82) is 0 Å². The Hall–Kier alpha value is -3.22. The van der Waals surface area contributed by atoms with Gasteiger partial charge in [-0.15, -0.1) is 0 Å². The van der Waals surface area contributed by atoms with Crippen LogP contribution in [0.5, 0.6) is 0 Å². The maximum Gasteiger partial charge on any atom is 0.158 e. The molecular weight excluding hydrogens is 374 g/mol. The first kappa shape index (κ1) is 18.8. The van der Waals surface area contributed by atoms with Crippen molar-refractivity contribution in [1.82, 2.24) is 24.6 Å². The third-order valence-corrected chi connectivity index (χ3v) is 5.68. The molecule has 0 saturated carbocycles. The number of aryl methyl sites for hydroxylation is 2. The molecule has 4 aromatic rings. The van der Waals surface area contributed by atoms with Gasteiger partial charge in [0.05, 0.1) is 11.2 Å². The summed E-state index contributed by atoms with van der Waals surface area (Å²) in [5, 5.41) is 5.76. The fourth-order valence-corrected chi connectivity index (χ4v) is 4.14. The van der Waals surface area contributed by atoms with Crippen molar-refractivity contribution < 1.29 is 0 Å². The zero-order valence-corrected chi connectivity index (χ0v) is 18.0. The smallest absolute Gasteiger partial charge is 0.158 e. The molecule has 0 unspecified atom stereocenters. The van der Waals surface area contributed by atoms with Crippen LogP contribution in [0.3, 0.4) is 0 Å². The maximum absolute atomic E-state index is 4.98. The van der Waals surface area contributed by atoms with Crippen LogP contribution in [0.15, 0.2) is 36.4 Å². The van der Waals surface area contributed by atoms with Gasteiger partial charge < -0.3 is 9.80 Å². The second-order valence-electron chi connectivity index (χ2n) is 8.36. The van der Waals surface area contributed by atoms with Gasteiger partial charge in [-0.2, -0.15) is 5.10 Å². The number of anilines is 2. The molecule has 0 atom stereocenters. The van der Waals surface area contributed by atoms with E-state index in [1.54, 1.807) is 0 Å². The average Bonchev–Trinajstić information content (AvgIpc) is 3.13. The van der Waals surface area contributed by atoms with Gasteiger partial charge >= 0.3 is 0 Å². The van der Waals surface area contributed by atoms with Gasteiger partial charge in [-0.05, 0) is 26.0 Å². The maximum atomic E-state index is 4.98. The molecule has 1 fully saturated rings. The van der Waals surface area contributed by atoms with Crippen LogP contribution >= 0.6 is 0 Å². The zero-order chi connectivity index (χ0) is 20.8. The highest BCUT2D eigenvalue weighted by atomic mass is 15.3. The molecule has 1 saturated heterocycles. The van der Waals surface area contributed by atoms with Crippen LogP contribution in [0.25, 0.3) is 16.6 Å². The van der Waals surface area contributed by atoms with Crippen LogP contribution in [-0.4, -0.2) is 50.7 Å². The van der Waals surface area contributed by atoms with Crippen molar-refractivity contribution >= 4 is 28.2 Å². The van der Waals surface area contributed by atoms with E-state index in [0.29, 0.717) is 5.92 Å². The first-order valence-electron chi connectivity index (χ1n) is 10.6. The first-order valence-corrected chi connectivity index (χ1v) is 10.6. The largest absolute Gasteiger partial charge is 0.353 e. The molecule has 7 heteroatoms. The third kappa shape index (κ3) is 3.24. The number of fused-ring (bicyclic) bond motifs is 3. The third-order valence-electron chi connectivity index (χ3n) is 5.68. The molecule has 0 radical (unpaired) electrons. The lowest BCUT2D eigenvalue weighted by atomic mass is 10.2. The Balaban J connectivity index is 1.45. The average molecular weight is 402 g/mol.